The number of aromatic nitrogens is 1. The Morgan fingerprint density at radius 1 is 1.00 bits per heavy atom. The van der Waals surface area contributed by atoms with E-state index in [0.29, 0.717) is 5.56 Å². The third-order valence-corrected chi connectivity index (χ3v) is 5.18. The molecule has 1 amide bonds. The average Bonchev–Trinajstić information content (AvgIpc) is 3.07. The third kappa shape index (κ3) is 3.82. The fourth-order valence-corrected chi connectivity index (χ4v) is 3.76. The number of pyridine rings is 1. The molecule has 6 nitrogen and oxygen atoms in total. The number of rotatable bonds is 6. The number of carboxylic acids is 1. The minimum Gasteiger partial charge on any atom is -0.481 e. The van der Waals surface area contributed by atoms with Gasteiger partial charge in [0.15, 0.2) is 0 Å². The molecule has 2 N–H and O–H groups in total. The van der Waals surface area contributed by atoms with Crippen molar-refractivity contribution in [2.45, 2.75) is 11.8 Å². The molecule has 1 unspecified atom stereocenters. The van der Waals surface area contributed by atoms with Crippen LogP contribution in [0.15, 0.2) is 73.1 Å². The summed E-state index contributed by atoms with van der Waals surface area (Å²) < 4.78 is 5.45. The summed E-state index contributed by atoms with van der Waals surface area (Å²) in [7, 11) is 0. The number of hydrogen-bond acceptors (Lipinski definition) is 4. The van der Waals surface area contributed by atoms with Gasteiger partial charge in [-0.3, -0.25) is 9.78 Å². The van der Waals surface area contributed by atoms with Crippen LogP contribution >= 0.6 is 0 Å². The van der Waals surface area contributed by atoms with Crippen LogP contribution in [0.3, 0.4) is 0 Å². The van der Waals surface area contributed by atoms with Crippen LogP contribution in [0.4, 0.5) is 4.79 Å². The van der Waals surface area contributed by atoms with Gasteiger partial charge < -0.3 is 15.2 Å². The second kappa shape index (κ2) is 8.14. The lowest BCUT2D eigenvalue weighted by molar-refractivity contribution is -0.138. The molecule has 0 saturated carbocycles. The molecule has 0 saturated heterocycles. The third-order valence-electron chi connectivity index (χ3n) is 5.18. The van der Waals surface area contributed by atoms with Crippen molar-refractivity contribution in [3.05, 3.63) is 89.7 Å². The van der Waals surface area contributed by atoms with Gasteiger partial charge in [0.05, 0.1) is 0 Å². The number of fused-ring (bicyclic) bond motifs is 3. The van der Waals surface area contributed by atoms with Gasteiger partial charge in [0.25, 0.3) is 0 Å². The van der Waals surface area contributed by atoms with Crippen LogP contribution < -0.4 is 5.32 Å². The smallest absolute Gasteiger partial charge is 0.407 e. The molecule has 6 heteroatoms. The first-order chi connectivity index (χ1) is 14.1. The largest absolute Gasteiger partial charge is 0.481 e. The molecule has 146 valence electrons. The molecule has 3 aromatic rings. The van der Waals surface area contributed by atoms with Gasteiger partial charge in [-0.1, -0.05) is 54.6 Å². The van der Waals surface area contributed by atoms with Crippen LogP contribution in [0.25, 0.3) is 11.1 Å². The maximum Gasteiger partial charge on any atom is 0.407 e. The van der Waals surface area contributed by atoms with E-state index in [9.17, 15) is 14.7 Å². The molecule has 0 aliphatic heterocycles. The highest BCUT2D eigenvalue weighted by atomic mass is 16.5. The minimum atomic E-state index is -1.03. The number of ether oxygens (including phenoxy) is 1. The van der Waals surface area contributed by atoms with Gasteiger partial charge in [-0.2, -0.15) is 0 Å². The number of carboxylic acid groups (broad SMARTS) is 1. The fourth-order valence-electron chi connectivity index (χ4n) is 3.76. The Morgan fingerprint density at radius 3 is 2.24 bits per heavy atom. The van der Waals surface area contributed by atoms with Gasteiger partial charge >= 0.3 is 12.1 Å². The number of hydrogen-bond donors (Lipinski definition) is 2. The average molecular weight is 388 g/mol. The maximum absolute atomic E-state index is 12.2. The van der Waals surface area contributed by atoms with E-state index in [4.69, 9.17) is 4.74 Å². The van der Waals surface area contributed by atoms with Gasteiger partial charge in [-0.15, -0.1) is 0 Å². The number of nitrogens with zero attached hydrogens (tertiary/aromatic N) is 1. The summed E-state index contributed by atoms with van der Waals surface area (Å²) in [4.78, 5) is 27.7. The monoisotopic (exact) mass is 388 g/mol. The van der Waals surface area contributed by atoms with Crippen LogP contribution in [0.2, 0.25) is 0 Å². The molecule has 0 radical (unpaired) electrons. The summed E-state index contributed by atoms with van der Waals surface area (Å²) in [6.45, 7) is 0.113. The molecular formula is C23H20N2O4. The summed E-state index contributed by atoms with van der Waals surface area (Å²) in [5, 5.41) is 12.0. The predicted molar refractivity (Wildman–Crippen MR) is 108 cm³/mol. The molecule has 1 aliphatic carbocycles. The minimum absolute atomic E-state index is 0.0401. The van der Waals surface area contributed by atoms with Crippen molar-refractivity contribution in [2.75, 3.05) is 13.2 Å². The first-order valence-electron chi connectivity index (χ1n) is 9.36. The number of aliphatic carboxylic acids is 1. The summed E-state index contributed by atoms with van der Waals surface area (Å²) in [6, 6.07) is 19.5. The Kier molecular flexibility index (Phi) is 5.24. The molecule has 1 atom stereocenters. The molecule has 0 bridgehead atoms. The number of carbonyl (C=O) groups excluding carboxylic acids is 1. The van der Waals surface area contributed by atoms with Gasteiger partial charge in [0.2, 0.25) is 0 Å². The van der Waals surface area contributed by atoms with E-state index >= 15 is 0 Å². The molecular weight excluding hydrogens is 368 g/mol. The van der Waals surface area contributed by atoms with E-state index in [2.05, 4.69) is 22.4 Å². The Bertz CT molecular complexity index is 990. The Hall–Kier alpha value is -3.67. The zero-order valence-electron chi connectivity index (χ0n) is 15.6. The SMILES string of the molecule is O=C(NCC(C(=O)O)c1cccnc1)OCC1c2ccccc2-c2ccccc21. The first-order valence-corrected chi connectivity index (χ1v) is 9.36. The van der Waals surface area contributed by atoms with E-state index in [-0.39, 0.29) is 19.1 Å². The summed E-state index contributed by atoms with van der Waals surface area (Å²) in [5.41, 5.74) is 5.08. The van der Waals surface area contributed by atoms with Crippen LogP contribution in [0.1, 0.15) is 28.5 Å². The van der Waals surface area contributed by atoms with E-state index in [1.807, 2.05) is 36.4 Å². The normalized spacial score (nSPS) is 13.2. The summed E-state index contributed by atoms with van der Waals surface area (Å²) in [5.74, 6) is -1.96. The molecule has 1 aliphatic rings. The summed E-state index contributed by atoms with van der Waals surface area (Å²) >= 11 is 0. The van der Waals surface area contributed by atoms with Gasteiger partial charge in [0, 0.05) is 24.9 Å². The van der Waals surface area contributed by atoms with Crippen molar-refractivity contribution in [1.82, 2.24) is 10.3 Å². The quantitative estimate of drug-likeness (QED) is 0.671. The van der Waals surface area contributed by atoms with Gasteiger partial charge in [0.1, 0.15) is 12.5 Å². The molecule has 29 heavy (non-hydrogen) atoms. The zero-order valence-corrected chi connectivity index (χ0v) is 15.6. The highest BCUT2D eigenvalue weighted by Gasteiger charge is 2.29. The highest BCUT2D eigenvalue weighted by molar-refractivity contribution is 5.79. The van der Waals surface area contributed by atoms with Crippen LogP contribution in [0.5, 0.6) is 0 Å². The highest BCUT2D eigenvalue weighted by Crippen LogP contribution is 2.44. The number of alkyl carbamates (subject to hydrolysis) is 1. The zero-order chi connectivity index (χ0) is 20.2. The van der Waals surface area contributed by atoms with Crippen LogP contribution in [-0.2, 0) is 9.53 Å². The van der Waals surface area contributed by atoms with Gasteiger partial charge in [-0.25, -0.2) is 4.79 Å². The van der Waals surface area contributed by atoms with E-state index in [0.717, 1.165) is 22.3 Å². The van der Waals surface area contributed by atoms with Crippen molar-refractivity contribution >= 4 is 12.1 Å². The van der Waals surface area contributed by atoms with Crippen molar-refractivity contribution in [3.63, 3.8) is 0 Å². The standard InChI is InChI=1S/C23H20N2O4/c26-22(27)20(15-6-5-11-24-12-15)13-25-23(28)29-14-21-18-9-3-1-7-16(18)17-8-2-4-10-19(17)21/h1-12,20-21H,13-14H2,(H,25,28)(H,26,27). The van der Waals surface area contributed by atoms with Crippen LogP contribution in [-0.4, -0.2) is 35.3 Å². The Balaban J connectivity index is 1.41. The lowest BCUT2D eigenvalue weighted by atomic mass is 9.98. The second-order valence-corrected chi connectivity index (χ2v) is 6.88. The number of amides is 1. The molecule has 0 fully saturated rings. The van der Waals surface area contributed by atoms with Crippen molar-refractivity contribution in [3.8, 4) is 11.1 Å². The Labute approximate surface area is 168 Å². The lowest BCUT2D eigenvalue weighted by Crippen LogP contribution is -2.33. The molecule has 0 spiro atoms. The Morgan fingerprint density at radius 2 is 1.66 bits per heavy atom. The van der Waals surface area contributed by atoms with E-state index < -0.39 is 18.0 Å². The number of benzene rings is 2. The first kappa shape index (κ1) is 18.7. The van der Waals surface area contributed by atoms with Crippen molar-refractivity contribution in [2.24, 2.45) is 0 Å². The maximum atomic E-state index is 12.2. The molecule has 1 heterocycles. The number of carbonyl (C=O) groups is 2. The topological polar surface area (TPSA) is 88.5 Å². The van der Waals surface area contributed by atoms with E-state index in [1.165, 1.54) is 6.20 Å². The van der Waals surface area contributed by atoms with E-state index in [1.54, 1.807) is 18.3 Å². The van der Waals surface area contributed by atoms with Gasteiger partial charge in [-0.05, 0) is 33.9 Å². The fraction of sp³-hybridized carbons (Fsp3) is 0.174. The second-order valence-electron chi connectivity index (χ2n) is 6.88. The molecule has 1 aromatic heterocycles. The van der Waals surface area contributed by atoms with Crippen molar-refractivity contribution < 1.29 is 19.4 Å². The van der Waals surface area contributed by atoms with Crippen molar-refractivity contribution in [1.29, 1.82) is 0 Å². The lowest BCUT2D eigenvalue weighted by Gasteiger charge is -2.16. The van der Waals surface area contributed by atoms with Crippen LogP contribution in [0, 0.1) is 0 Å². The molecule has 4 rings (SSSR count). The molecule has 2 aromatic carbocycles. The predicted octanol–water partition coefficient (Wildman–Crippen LogP) is 3.79. The summed E-state index contributed by atoms with van der Waals surface area (Å²) in [6.07, 6.45) is 2.42. The number of nitrogens with one attached hydrogen (secondary N) is 1.